The van der Waals surface area contributed by atoms with Gasteiger partial charge in [-0.3, -0.25) is 4.57 Å². The van der Waals surface area contributed by atoms with E-state index in [2.05, 4.69) is 161 Å². The van der Waals surface area contributed by atoms with E-state index in [0.717, 1.165) is 66.9 Å². The Balaban J connectivity index is 1.23. The first-order valence-corrected chi connectivity index (χ1v) is 16.3. The standard InChI is InChI=1S/C44H28N4/c1-2-12-28(13-3-1)31-26-39(30-15-10-16-32(24-30)48-41-22-9-7-18-34(41)35-20-11-23-45-44(35)48)46-40(27-31)37-25-29-14-4-5-17-33(29)42-36-19-6-8-21-38(36)47-43(37)42/h1-27,47H. The van der Waals surface area contributed by atoms with Crippen LogP contribution >= 0.6 is 0 Å². The first-order valence-electron chi connectivity index (χ1n) is 16.3. The Bertz CT molecular complexity index is 2790. The van der Waals surface area contributed by atoms with Gasteiger partial charge >= 0.3 is 0 Å². The second-order valence-corrected chi connectivity index (χ2v) is 12.3. The molecule has 0 saturated heterocycles. The zero-order chi connectivity index (χ0) is 31.6. The number of rotatable bonds is 4. The molecule has 0 spiro atoms. The lowest BCUT2D eigenvalue weighted by molar-refractivity contribution is 1.13. The van der Waals surface area contributed by atoms with Crippen molar-refractivity contribution < 1.29 is 0 Å². The van der Waals surface area contributed by atoms with E-state index < -0.39 is 0 Å². The number of hydrogen-bond donors (Lipinski definition) is 1. The van der Waals surface area contributed by atoms with E-state index in [9.17, 15) is 0 Å². The van der Waals surface area contributed by atoms with Crippen molar-refractivity contribution >= 4 is 54.5 Å². The van der Waals surface area contributed by atoms with Crippen molar-refractivity contribution in [3.63, 3.8) is 0 Å². The minimum absolute atomic E-state index is 0.916. The highest BCUT2D eigenvalue weighted by Crippen LogP contribution is 2.40. The summed E-state index contributed by atoms with van der Waals surface area (Å²) >= 11 is 0. The lowest BCUT2D eigenvalue weighted by Gasteiger charge is -2.14. The van der Waals surface area contributed by atoms with Crippen LogP contribution in [0.2, 0.25) is 0 Å². The Morgan fingerprint density at radius 2 is 1.23 bits per heavy atom. The Labute approximate surface area is 276 Å². The van der Waals surface area contributed by atoms with Gasteiger partial charge < -0.3 is 4.98 Å². The van der Waals surface area contributed by atoms with E-state index in [-0.39, 0.29) is 0 Å². The van der Waals surface area contributed by atoms with Gasteiger partial charge in [0.05, 0.1) is 22.4 Å². The topological polar surface area (TPSA) is 46.5 Å². The highest BCUT2D eigenvalue weighted by Gasteiger charge is 2.18. The molecule has 224 valence electrons. The fourth-order valence-electron chi connectivity index (χ4n) is 7.38. The molecule has 0 fully saturated rings. The summed E-state index contributed by atoms with van der Waals surface area (Å²) in [4.78, 5) is 14.0. The van der Waals surface area contributed by atoms with Gasteiger partial charge in [-0.15, -0.1) is 0 Å². The molecule has 0 atom stereocenters. The maximum Gasteiger partial charge on any atom is 0.145 e. The maximum absolute atomic E-state index is 5.43. The van der Waals surface area contributed by atoms with E-state index in [1.54, 1.807) is 0 Å². The molecule has 0 radical (unpaired) electrons. The molecular formula is C44H28N4. The molecule has 0 aliphatic rings. The zero-order valence-electron chi connectivity index (χ0n) is 25.9. The van der Waals surface area contributed by atoms with E-state index >= 15 is 0 Å². The van der Waals surface area contributed by atoms with E-state index in [4.69, 9.17) is 9.97 Å². The lowest BCUT2D eigenvalue weighted by atomic mass is 9.96. The smallest absolute Gasteiger partial charge is 0.145 e. The van der Waals surface area contributed by atoms with Crippen LogP contribution in [0.15, 0.2) is 164 Å². The van der Waals surface area contributed by atoms with Crippen LogP contribution in [0.5, 0.6) is 0 Å². The molecule has 4 heterocycles. The van der Waals surface area contributed by atoms with Crippen LogP contribution in [0, 0.1) is 0 Å². The Kier molecular flexibility index (Phi) is 5.84. The number of nitrogens with zero attached hydrogens (tertiary/aromatic N) is 3. The van der Waals surface area contributed by atoms with Crippen molar-refractivity contribution in [3.8, 4) is 39.3 Å². The molecular weight excluding hydrogens is 585 g/mol. The van der Waals surface area contributed by atoms with Crippen molar-refractivity contribution in [2.24, 2.45) is 0 Å². The number of hydrogen-bond acceptors (Lipinski definition) is 2. The highest BCUT2D eigenvalue weighted by molar-refractivity contribution is 6.23. The third-order valence-electron chi connectivity index (χ3n) is 9.55. The highest BCUT2D eigenvalue weighted by atomic mass is 15.0. The summed E-state index contributed by atoms with van der Waals surface area (Å²) in [6.07, 6.45) is 1.87. The molecule has 10 aromatic rings. The molecule has 10 rings (SSSR count). The third kappa shape index (κ3) is 4.10. The van der Waals surface area contributed by atoms with Gasteiger partial charge in [-0.05, 0) is 76.5 Å². The summed E-state index contributed by atoms with van der Waals surface area (Å²) in [7, 11) is 0. The van der Waals surface area contributed by atoms with Gasteiger partial charge in [0.25, 0.3) is 0 Å². The molecule has 0 unspecified atom stereocenters. The van der Waals surface area contributed by atoms with Crippen molar-refractivity contribution in [1.29, 1.82) is 0 Å². The number of fused-ring (bicyclic) bond motifs is 8. The molecule has 0 saturated carbocycles. The van der Waals surface area contributed by atoms with E-state index in [0.29, 0.717) is 0 Å². The summed E-state index contributed by atoms with van der Waals surface area (Å²) < 4.78 is 2.26. The number of aromatic amines is 1. The number of para-hydroxylation sites is 2. The SMILES string of the molecule is c1ccc(-c2cc(-c3cccc(-n4c5ccccc5c5cccnc54)c3)nc(-c3cc4ccccc4c4c3[nH]c3ccccc34)c2)cc1. The molecule has 4 aromatic heterocycles. The Morgan fingerprint density at radius 1 is 0.500 bits per heavy atom. The summed E-state index contributed by atoms with van der Waals surface area (Å²) in [5, 5.41) is 7.21. The summed E-state index contributed by atoms with van der Waals surface area (Å²) in [6, 6.07) is 55.9. The first kappa shape index (κ1) is 26.7. The summed E-state index contributed by atoms with van der Waals surface area (Å²) in [5.41, 5.74) is 11.6. The van der Waals surface area contributed by atoms with Crippen LogP contribution in [0.3, 0.4) is 0 Å². The Morgan fingerprint density at radius 3 is 2.15 bits per heavy atom. The number of nitrogens with one attached hydrogen (secondary N) is 1. The van der Waals surface area contributed by atoms with Crippen LogP contribution < -0.4 is 0 Å². The molecule has 48 heavy (non-hydrogen) atoms. The van der Waals surface area contributed by atoms with Gasteiger partial charge in [0.15, 0.2) is 0 Å². The predicted molar refractivity (Wildman–Crippen MR) is 200 cm³/mol. The van der Waals surface area contributed by atoms with E-state index in [1.807, 2.05) is 12.3 Å². The number of benzene rings is 6. The van der Waals surface area contributed by atoms with Crippen LogP contribution in [-0.2, 0) is 0 Å². The number of H-pyrrole nitrogens is 1. The fourth-order valence-corrected chi connectivity index (χ4v) is 7.38. The lowest BCUT2D eigenvalue weighted by Crippen LogP contribution is -1.97. The van der Waals surface area contributed by atoms with Crippen LogP contribution in [0.4, 0.5) is 0 Å². The monoisotopic (exact) mass is 612 g/mol. The van der Waals surface area contributed by atoms with Gasteiger partial charge in [0, 0.05) is 50.1 Å². The average molecular weight is 613 g/mol. The Hall–Kier alpha value is -6.52. The van der Waals surface area contributed by atoms with Crippen LogP contribution in [-0.4, -0.2) is 19.5 Å². The largest absolute Gasteiger partial charge is 0.354 e. The molecule has 1 N–H and O–H groups in total. The summed E-state index contributed by atoms with van der Waals surface area (Å²) in [6.45, 7) is 0. The minimum atomic E-state index is 0.916. The fraction of sp³-hybridized carbons (Fsp3) is 0. The second kappa shape index (κ2) is 10.5. The molecule has 4 heteroatoms. The number of pyridine rings is 2. The zero-order valence-corrected chi connectivity index (χ0v) is 25.9. The molecule has 4 nitrogen and oxygen atoms in total. The summed E-state index contributed by atoms with van der Waals surface area (Å²) in [5.74, 6) is 0. The molecule has 0 aliphatic heterocycles. The van der Waals surface area contributed by atoms with Gasteiger partial charge in [0.2, 0.25) is 0 Å². The first-order chi connectivity index (χ1) is 23.8. The predicted octanol–water partition coefficient (Wildman–Crippen LogP) is 11.4. The molecule has 0 amide bonds. The van der Waals surface area contributed by atoms with Gasteiger partial charge in [-0.2, -0.15) is 0 Å². The average Bonchev–Trinajstić information content (AvgIpc) is 3.71. The van der Waals surface area contributed by atoms with Gasteiger partial charge in [-0.25, -0.2) is 9.97 Å². The van der Waals surface area contributed by atoms with Crippen LogP contribution in [0.25, 0.3) is 93.8 Å². The molecule has 6 aromatic carbocycles. The quantitative estimate of drug-likeness (QED) is 0.215. The van der Waals surface area contributed by atoms with Crippen molar-refractivity contribution in [2.75, 3.05) is 0 Å². The van der Waals surface area contributed by atoms with Gasteiger partial charge in [0.1, 0.15) is 5.65 Å². The van der Waals surface area contributed by atoms with E-state index in [1.165, 1.54) is 26.9 Å². The minimum Gasteiger partial charge on any atom is -0.354 e. The third-order valence-corrected chi connectivity index (χ3v) is 9.55. The van der Waals surface area contributed by atoms with Crippen LogP contribution in [0.1, 0.15) is 0 Å². The van der Waals surface area contributed by atoms with Crippen molar-refractivity contribution in [1.82, 2.24) is 19.5 Å². The maximum atomic E-state index is 5.43. The van der Waals surface area contributed by atoms with Crippen molar-refractivity contribution in [2.45, 2.75) is 0 Å². The molecule has 0 bridgehead atoms. The molecule has 0 aliphatic carbocycles. The normalized spacial score (nSPS) is 11.8. The second-order valence-electron chi connectivity index (χ2n) is 12.3. The van der Waals surface area contributed by atoms with Gasteiger partial charge in [-0.1, -0.05) is 103 Å². The number of aromatic nitrogens is 4. The van der Waals surface area contributed by atoms with Crippen molar-refractivity contribution in [3.05, 3.63) is 164 Å².